The summed E-state index contributed by atoms with van der Waals surface area (Å²) in [6.45, 7) is 7.83. The standard InChI is InChI=1S/C20H32O6/c1-14-18(26-19(2,3)25-14)16(12-17(21)20(4,22-5)23-6)24-13-15-10-8-7-9-11-15/h7-11,14,16-18,21H,12-13H2,1-6H3. The molecule has 6 nitrogen and oxygen atoms in total. The maximum atomic E-state index is 10.7. The van der Waals surface area contributed by atoms with Crippen molar-refractivity contribution in [3.05, 3.63) is 35.9 Å². The van der Waals surface area contributed by atoms with Crippen LogP contribution in [-0.2, 0) is 30.3 Å². The van der Waals surface area contributed by atoms with E-state index in [0.717, 1.165) is 5.56 Å². The molecule has 0 aliphatic carbocycles. The molecule has 0 radical (unpaired) electrons. The van der Waals surface area contributed by atoms with Crippen molar-refractivity contribution in [3.8, 4) is 0 Å². The van der Waals surface area contributed by atoms with E-state index < -0.39 is 17.7 Å². The van der Waals surface area contributed by atoms with E-state index in [2.05, 4.69) is 0 Å². The Balaban J connectivity index is 2.13. The average Bonchev–Trinajstić information content (AvgIpc) is 2.90. The van der Waals surface area contributed by atoms with Gasteiger partial charge >= 0.3 is 0 Å². The molecule has 148 valence electrons. The molecule has 1 heterocycles. The molecule has 4 atom stereocenters. The van der Waals surface area contributed by atoms with Gasteiger partial charge in [-0.05, 0) is 33.3 Å². The molecule has 1 aromatic carbocycles. The summed E-state index contributed by atoms with van der Waals surface area (Å²) in [6, 6.07) is 9.90. The highest BCUT2D eigenvalue weighted by Crippen LogP contribution is 2.33. The first kappa shape index (κ1) is 21.3. The number of ether oxygens (including phenoxy) is 5. The van der Waals surface area contributed by atoms with Crippen LogP contribution in [0.15, 0.2) is 30.3 Å². The summed E-state index contributed by atoms with van der Waals surface area (Å²) in [7, 11) is 3.01. The van der Waals surface area contributed by atoms with Gasteiger partial charge in [0.05, 0.1) is 18.8 Å². The van der Waals surface area contributed by atoms with E-state index in [4.69, 9.17) is 23.7 Å². The van der Waals surface area contributed by atoms with Gasteiger partial charge in [0.2, 0.25) is 0 Å². The first-order valence-corrected chi connectivity index (χ1v) is 9.00. The van der Waals surface area contributed by atoms with E-state index in [1.807, 2.05) is 51.1 Å². The zero-order valence-corrected chi connectivity index (χ0v) is 16.6. The third kappa shape index (κ3) is 5.25. The van der Waals surface area contributed by atoms with Gasteiger partial charge in [-0.1, -0.05) is 30.3 Å². The number of aliphatic hydroxyl groups excluding tert-OH is 1. The number of benzene rings is 1. The van der Waals surface area contributed by atoms with Gasteiger partial charge in [0.1, 0.15) is 12.2 Å². The van der Waals surface area contributed by atoms with Crippen LogP contribution in [0.4, 0.5) is 0 Å². The van der Waals surface area contributed by atoms with E-state index in [9.17, 15) is 5.11 Å². The lowest BCUT2D eigenvalue weighted by Crippen LogP contribution is -2.48. The van der Waals surface area contributed by atoms with Gasteiger partial charge < -0.3 is 28.8 Å². The van der Waals surface area contributed by atoms with E-state index in [-0.39, 0.29) is 18.3 Å². The molecular weight excluding hydrogens is 336 g/mol. The van der Waals surface area contributed by atoms with Crippen molar-refractivity contribution in [3.63, 3.8) is 0 Å². The van der Waals surface area contributed by atoms with Crippen molar-refractivity contribution in [2.45, 2.75) is 76.7 Å². The van der Waals surface area contributed by atoms with Crippen LogP contribution in [0.1, 0.15) is 39.7 Å². The predicted molar refractivity (Wildman–Crippen MR) is 97.6 cm³/mol. The van der Waals surface area contributed by atoms with Crippen LogP contribution in [-0.4, -0.2) is 55.3 Å². The highest BCUT2D eigenvalue weighted by molar-refractivity contribution is 5.13. The van der Waals surface area contributed by atoms with Gasteiger partial charge in [-0.2, -0.15) is 0 Å². The van der Waals surface area contributed by atoms with E-state index >= 15 is 0 Å². The Morgan fingerprint density at radius 1 is 1.15 bits per heavy atom. The zero-order chi connectivity index (χ0) is 19.4. The Hall–Kier alpha value is -1.02. The first-order chi connectivity index (χ1) is 12.2. The second kappa shape index (κ2) is 8.78. The van der Waals surface area contributed by atoms with Crippen LogP contribution < -0.4 is 0 Å². The monoisotopic (exact) mass is 368 g/mol. The number of rotatable bonds is 9. The number of hydrogen-bond donors (Lipinski definition) is 1. The topological polar surface area (TPSA) is 66.4 Å². The second-order valence-electron chi connectivity index (χ2n) is 7.32. The van der Waals surface area contributed by atoms with E-state index in [1.165, 1.54) is 14.2 Å². The fraction of sp³-hybridized carbons (Fsp3) is 0.700. The third-order valence-corrected chi connectivity index (χ3v) is 4.90. The highest BCUT2D eigenvalue weighted by atomic mass is 16.8. The van der Waals surface area contributed by atoms with Gasteiger partial charge in [-0.3, -0.25) is 0 Å². The third-order valence-electron chi connectivity index (χ3n) is 4.90. The predicted octanol–water partition coefficient (Wildman–Crippen LogP) is 2.87. The maximum Gasteiger partial charge on any atom is 0.191 e. The van der Waals surface area contributed by atoms with Crippen molar-refractivity contribution in [2.75, 3.05) is 14.2 Å². The molecule has 0 amide bonds. The molecule has 1 fully saturated rings. The molecule has 0 spiro atoms. The normalized spacial score (nSPS) is 25.2. The molecule has 0 bridgehead atoms. The Bertz CT molecular complexity index is 542. The minimum atomic E-state index is -1.12. The largest absolute Gasteiger partial charge is 0.387 e. The van der Waals surface area contributed by atoms with Gasteiger partial charge in [0.15, 0.2) is 11.6 Å². The van der Waals surface area contributed by atoms with Crippen molar-refractivity contribution in [1.29, 1.82) is 0 Å². The average molecular weight is 368 g/mol. The summed E-state index contributed by atoms with van der Waals surface area (Å²) >= 11 is 0. The summed E-state index contributed by atoms with van der Waals surface area (Å²) in [6.07, 6.45) is -1.44. The van der Waals surface area contributed by atoms with Crippen LogP contribution in [0.25, 0.3) is 0 Å². The maximum absolute atomic E-state index is 10.7. The molecule has 26 heavy (non-hydrogen) atoms. The molecular formula is C20H32O6. The molecule has 1 aliphatic heterocycles. The molecule has 0 aromatic heterocycles. The highest BCUT2D eigenvalue weighted by Gasteiger charge is 2.46. The minimum Gasteiger partial charge on any atom is -0.387 e. The molecule has 0 saturated carbocycles. The van der Waals surface area contributed by atoms with Crippen LogP contribution >= 0.6 is 0 Å². The molecule has 1 N–H and O–H groups in total. The van der Waals surface area contributed by atoms with Gasteiger partial charge in [-0.15, -0.1) is 0 Å². The van der Waals surface area contributed by atoms with Crippen molar-refractivity contribution >= 4 is 0 Å². The SMILES string of the molecule is COC(C)(OC)C(O)CC(OCc1ccccc1)C1OC(C)(C)OC1C. The van der Waals surface area contributed by atoms with Crippen molar-refractivity contribution in [2.24, 2.45) is 0 Å². The summed E-state index contributed by atoms with van der Waals surface area (Å²) in [5.74, 6) is -1.80. The molecule has 1 aromatic rings. The van der Waals surface area contributed by atoms with Crippen LogP contribution in [0.5, 0.6) is 0 Å². The number of aliphatic hydroxyl groups is 1. The lowest BCUT2D eigenvalue weighted by Gasteiger charge is -2.35. The smallest absolute Gasteiger partial charge is 0.191 e. The Morgan fingerprint density at radius 3 is 2.27 bits per heavy atom. The fourth-order valence-electron chi connectivity index (χ4n) is 3.21. The van der Waals surface area contributed by atoms with E-state index in [0.29, 0.717) is 13.0 Å². The molecule has 6 heteroatoms. The Kier molecular flexibility index (Phi) is 7.19. The quantitative estimate of drug-likeness (QED) is 0.676. The second-order valence-corrected chi connectivity index (χ2v) is 7.32. The lowest BCUT2D eigenvalue weighted by molar-refractivity contribution is -0.256. The molecule has 4 unspecified atom stereocenters. The molecule has 2 rings (SSSR count). The summed E-state index contributed by atoms with van der Waals surface area (Å²) in [4.78, 5) is 0. The molecule has 1 saturated heterocycles. The lowest BCUT2D eigenvalue weighted by atomic mass is 9.98. The number of methoxy groups -OCH3 is 2. The fourth-order valence-corrected chi connectivity index (χ4v) is 3.21. The van der Waals surface area contributed by atoms with Crippen LogP contribution in [0.3, 0.4) is 0 Å². The van der Waals surface area contributed by atoms with Crippen molar-refractivity contribution < 1.29 is 28.8 Å². The summed E-state index contributed by atoms with van der Waals surface area (Å²) in [5, 5.41) is 10.7. The zero-order valence-electron chi connectivity index (χ0n) is 16.6. The van der Waals surface area contributed by atoms with Gasteiger partial charge in [-0.25, -0.2) is 0 Å². The Morgan fingerprint density at radius 2 is 1.77 bits per heavy atom. The summed E-state index contributed by atoms with van der Waals surface area (Å²) < 4.78 is 28.8. The minimum absolute atomic E-state index is 0.158. The Labute approximate surface area is 156 Å². The summed E-state index contributed by atoms with van der Waals surface area (Å²) in [5.41, 5.74) is 1.05. The molecule has 1 aliphatic rings. The van der Waals surface area contributed by atoms with E-state index in [1.54, 1.807) is 6.92 Å². The number of hydrogen-bond acceptors (Lipinski definition) is 6. The van der Waals surface area contributed by atoms with Gasteiger partial charge in [0.25, 0.3) is 0 Å². The van der Waals surface area contributed by atoms with Crippen molar-refractivity contribution in [1.82, 2.24) is 0 Å². The first-order valence-electron chi connectivity index (χ1n) is 9.00. The van der Waals surface area contributed by atoms with Crippen LogP contribution in [0.2, 0.25) is 0 Å². The van der Waals surface area contributed by atoms with Gasteiger partial charge in [0, 0.05) is 20.6 Å². The van der Waals surface area contributed by atoms with Crippen LogP contribution in [0, 0.1) is 0 Å².